The van der Waals surface area contributed by atoms with Crippen LogP contribution in [0.5, 0.6) is 5.75 Å². The van der Waals surface area contributed by atoms with Gasteiger partial charge < -0.3 is 9.72 Å². The Morgan fingerprint density at radius 2 is 2.30 bits per heavy atom. The molecule has 0 bridgehead atoms. The lowest BCUT2D eigenvalue weighted by Gasteiger charge is -2.26. The van der Waals surface area contributed by atoms with Gasteiger partial charge in [-0.05, 0) is 18.4 Å². The predicted octanol–water partition coefficient (Wildman–Crippen LogP) is 3.18. The van der Waals surface area contributed by atoms with Crippen molar-refractivity contribution in [1.29, 1.82) is 0 Å². The Hall–Kier alpha value is -2.16. The monoisotopic (exact) mass is 400 g/mol. The number of nitrogens with one attached hydrogen (secondary N) is 1. The van der Waals surface area contributed by atoms with E-state index in [2.05, 4.69) is 19.9 Å². The standard InChI is InChI=1S/C19H20N4O2S2/c1-25-13-5-3-4-12(8-13)18-20-9-14(27-18)10-23-7-6-16-15(11-23)17(24)22-19(21-16)26-2/h3-5,8-9H,6-7,10-11H2,1-2H3,(H,21,22,24). The molecule has 3 aromatic rings. The van der Waals surface area contributed by atoms with Crippen LogP contribution in [0, 0.1) is 0 Å². The van der Waals surface area contributed by atoms with Gasteiger partial charge in [-0.1, -0.05) is 23.9 Å². The van der Waals surface area contributed by atoms with Crippen molar-refractivity contribution in [3.63, 3.8) is 0 Å². The van der Waals surface area contributed by atoms with E-state index in [0.29, 0.717) is 11.7 Å². The minimum Gasteiger partial charge on any atom is -0.497 e. The fourth-order valence-electron chi connectivity index (χ4n) is 3.18. The highest BCUT2D eigenvalue weighted by Gasteiger charge is 2.22. The molecule has 27 heavy (non-hydrogen) atoms. The number of aromatic amines is 1. The van der Waals surface area contributed by atoms with E-state index in [1.165, 1.54) is 16.6 Å². The molecule has 0 aliphatic carbocycles. The Morgan fingerprint density at radius 3 is 3.11 bits per heavy atom. The minimum atomic E-state index is -0.0181. The third-order valence-electron chi connectivity index (χ3n) is 4.57. The van der Waals surface area contributed by atoms with Gasteiger partial charge in [-0.3, -0.25) is 9.69 Å². The van der Waals surface area contributed by atoms with Crippen LogP contribution in [0.25, 0.3) is 10.6 Å². The molecule has 3 heterocycles. The highest BCUT2D eigenvalue weighted by molar-refractivity contribution is 7.98. The van der Waals surface area contributed by atoms with Crippen LogP contribution in [-0.2, 0) is 19.5 Å². The van der Waals surface area contributed by atoms with Crippen molar-refractivity contribution in [3.05, 3.63) is 57.0 Å². The van der Waals surface area contributed by atoms with Crippen LogP contribution < -0.4 is 10.3 Å². The number of thioether (sulfide) groups is 1. The van der Waals surface area contributed by atoms with Crippen molar-refractivity contribution >= 4 is 23.1 Å². The maximum absolute atomic E-state index is 12.3. The lowest BCUT2D eigenvalue weighted by molar-refractivity contribution is 0.243. The largest absolute Gasteiger partial charge is 0.497 e. The average molecular weight is 401 g/mol. The first-order valence-corrected chi connectivity index (χ1v) is 10.7. The van der Waals surface area contributed by atoms with E-state index >= 15 is 0 Å². The number of hydrogen-bond donors (Lipinski definition) is 1. The fourth-order valence-corrected chi connectivity index (χ4v) is 4.53. The van der Waals surface area contributed by atoms with Gasteiger partial charge in [0, 0.05) is 42.7 Å². The molecule has 6 nitrogen and oxygen atoms in total. The molecule has 1 aliphatic rings. The fraction of sp³-hybridized carbons (Fsp3) is 0.316. The van der Waals surface area contributed by atoms with Crippen molar-refractivity contribution in [2.24, 2.45) is 0 Å². The molecule has 0 amide bonds. The van der Waals surface area contributed by atoms with Crippen LogP contribution in [-0.4, -0.2) is 39.8 Å². The second-order valence-electron chi connectivity index (χ2n) is 6.32. The van der Waals surface area contributed by atoms with Gasteiger partial charge in [0.05, 0.1) is 18.4 Å². The summed E-state index contributed by atoms with van der Waals surface area (Å²) in [4.78, 5) is 27.8. The van der Waals surface area contributed by atoms with Crippen molar-refractivity contribution in [2.75, 3.05) is 19.9 Å². The van der Waals surface area contributed by atoms with E-state index in [4.69, 9.17) is 4.74 Å². The molecule has 1 aliphatic heterocycles. The summed E-state index contributed by atoms with van der Waals surface area (Å²) < 4.78 is 5.29. The summed E-state index contributed by atoms with van der Waals surface area (Å²) in [6.45, 7) is 2.30. The summed E-state index contributed by atoms with van der Waals surface area (Å²) >= 11 is 3.14. The number of H-pyrrole nitrogens is 1. The van der Waals surface area contributed by atoms with Crippen LogP contribution in [0.2, 0.25) is 0 Å². The Balaban J connectivity index is 1.49. The molecule has 8 heteroatoms. The van der Waals surface area contributed by atoms with E-state index < -0.39 is 0 Å². The summed E-state index contributed by atoms with van der Waals surface area (Å²) in [6, 6.07) is 7.93. The number of aromatic nitrogens is 3. The van der Waals surface area contributed by atoms with Gasteiger partial charge in [-0.15, -0.1) is 11.3 Å². The molecule has 0 saturated carbocycles. The van der Waals surface area contributed by atoms with E-state index in [9.17, 15) is 4.79 Å². The third-order valence-corrected chi connectivity index (χ3v) is 6.18. The smallest absolute Gasteiger partial charge is 0.256 e. The molecule has 4 rings (SSSR count). The number of benzene rings is 1. The van der Waals surface area contributed by atoms with Crippen molar-refractivity contribution in [2.45, 2.75) is 24.7 Å². The zero-order valence-corrected chi connectivity index (χ0v) is 16.8. The van der Waals surface area contributed by atoms with Crippen LogP contribution in [0.1, 0.15) is 16.1 Å². The van der Waals surface area contributed by atoms with Crippen LogP contribution in [0.4, 0.5) is 0 Å². The van der Waals surface area contributed by atoms with Gasteiger partial charge in [0.25, 0.3) is 5.56 Å². The summed E-state index contributed by atoms with van der Waals surface area (Å²) in [5, 5.41) is 1.67. The Kier molecular flexibility index (Phi) is 5.29. The van der Waals surface area contributed by atoms with Crippen LogP contribution in [0.15, 0.2) is 40.4 Å². The quantitative estimate of drug-likeness (QED) is 0.524. The van der Waals surface area contributed by atoms with Crippen LogP contribution in [0.3, 0.4) is 0 Å². The number of fused-ring (bicyclic) bond motifs is 1. The Morgan fingerprint density at radius 1 is 1.41 bits per heavy atom. The van der Waals surface area contributed by atoms with Crippen molar-refractivity contribution in [1.82, 2.24) is 19.9 Å². The number of nitrogens with zero attached hydrogens (tertiary/aromatic N) is 3. The molecule has 2 aromatic heterocycles. The Labute approximate surface area is 165 Å². The summed E-state index contributed by atoms with van der Waals surface area (Å²) in [5.41, 5.74) is 2.76. The maximum Gasteiger partial charge on any atom is 0.256 e. The number of thiazole rings is 1. The van der Waals surface area contributed by atoms with Gasteiger partial charge in [0.1, 0.15) is 10.8 Å². The first-order chi connectivity index (χ1) is 13.2. The first kappa shape index (κ1) is 18.2. The van der Waals surface area contributed by atoms with E-state index in [-0.39, 0.29) is 5.56 Å². The molecule has 140 valence electrons. The number of hydrogen-bond acceptors (Lipinski definition) is 7. The highest BCUT2D eigenvalue weighted by Crippen LogP contribution is 2.29. The number of rotatable bonds is 5. The summed E-state index contributed by atoms with van der Waals surface area (Å²) in [6.07, 6.45) is 4.64. The van der Waals surface area contributed by atoms with E-state index in [1.54, 1.807) is 18.4 Å². The van der Waals surface area contributed by atoms with Gasteiger partial charge >= 0.3 is 0 Å². The molecule has 1 N–H and O–H groups in total. The SMILES string of the molecule is COc1cccc(-c2ncc(CN3CCc4nc(SC)[nH]c(=O)c4C3)s2)c1. The van der Waals surface area contributed by atoms with Gasteiger partial charge in [0.2, 0.25) is 0 Å². The molecule has 0 atom stereocenters. The van der Waals surface area contributed by atoms with Crippen molar-refractivity contribution < 1.29 is 4.74 Å². The normalized spacial score (nSPS) is 14.1. The van der Waals surface area contributed by atoms with Gasteiger partial charge in [-0.25, -0.2) is 9.97 Å². The summed E-state index contributed by atoms with van der Waals surface area (Å²) in [7, 11) is 1.67. The molecule has 0 spiro atoms. The minimum absolute atomic E-state index is 0.0181. The van der Waals surface area contributed by atoms with Crippen molar-refractivity contribution in [3.8, 4) is 16.3 Å². The average Bonchev–Trinajstić information content (AvgIpc) is 3.17. The van der Waals surface area contributed by atoms with Crippen LogP contribution >= 0.6 is 23.1 Å². The molecule has 0 unspecified atom stereocenters. The van der Waals surface area contributed by atoms with E-state index in [1.807, 2.05) is 36.7 Å². The molecular weight excluding hydrogens is 380 g/mol. The zero-order valence-electron chi connectivity index (χ0n) is 15.2. The molecule has 0 saturated heterocycles. The predicted molar refractivity (Wildman–Crippen MR) is 109 cm³/mol. The topological polar surface area (TPSA) is 71.1 Å². The maximum atomic E-state index is 12.3. The lowest BCUT2D eigenvalue weighted by atomic mass is 10.1. The van der Waals surface area contributed by atoms with Gasteiger partial charge in [0.15, 0.2) is 5.16 Å². The highest BCUT2D eigenvalue weighted by atomic mass is 32.2. The number of ether oxygens (including phenoxy) is 1. The lowest BCUT2D eigenvalue weighted by Crippen LogP contribution is -2.35. The molecule has 1 aromatic carbocycles. The number of methoxy groups -OCH3 is 1. The molecule has 0 fully saturated rings. The third kappa shape index (κ3) is 3.92. The first-order valence-electron chi connectivity index (χ1n) is 8.64. The second kappa shape index (κ2) is 7.84. The second-order valence-corrected chi connectivity index (χ2v) is 8.23. The van der Waals surface area contributed by atoms with Gasteiger partial charge in [-0.2, -0.15) is 0 Å². The van der Waals surface area contributed by atoms with E-state index in [0.717, 1.165) is 47.1 Å². The molecular formula is C19H20N4O2S2. The summed E-state index contributed by atoms with van der Waals surface area (Å²) in [5.74, 6) is 0.827. The molecule has 0 radical (unpaired) electrons. The zero-order chi connectivity index (χ0) is 18.8. The Bertz CT molecular complexity index is 1010.